The molecule has 0 saturated heterocycles. The Balaban J connectivity index is 1.54. The Morgan fingerprint density at radius 3 is 3.11 bits per heavy atom. The topological polar surface area (TPSA) is 34.4 Å². The van der Waals surface area contributed by atoms with Gasteiger partial charge in [0.15, 0.2) is 0 Å². The lowest BCUT2D eigenvalue weighted by atomic mass is 10.1. The summed E-state index contributed by atoms with van der Waals surface area (Å²) in [4.78, 5) is 0. The fourth-order valence-electron chi connectivity index (χ4n) is 2.44. The van der Waals surface area contributed by atoms with Crippen LogP contribution in [0.3, 0.4) is 0 Å². The lowest BCUT2D eigenvalue weighted by Crippen LogP contribution is -2.27. The lowest BCUT2D eigenvalue weighted by molar-refractivity contribution is 0.357. The van der Waals surface area contributed by atoms with Gasteiger partial charge >= 0.3 is 0 Å². The number of rotatable bonds is 5. The summed E-state index contributed by atoms with van der Waals surface area (Å²) >= 11 is 0. The molecule has 3 rings (SSSR count). The Hall–Kier alpha value is -1.74. The highest BCUT2D eigenvalue weighted by Crippen LogP contribution is 2.25. The van der Waals surface area contributed by atoms with E-state index >= 15 is 0 Å². The maximum Gasteiger partial charge on any atom is 0.122 e. The highest BCUT2D eigenvalue weighted by atomic mass is 16.5. The first-order valence-corrected chi connectivity index (χ1v) is 6.81. The molecule has 0 aliphatic carbocycles. The molecule has 1 unspecified atom stereocenters. The lowest BCUT2D eigenvalue weighted by Gasteiger charge is -2.13. The fraction of sp³-hybridized carbons (Fsp3) is 0.375. The number of hydrogen-bond acceptors (Lipinski definition) is 3. The van der Waals surface area contributed by atoms with E-state index in [0.717, 1.165) is 37.5 Å². The van der Waals surface area contributed by atoms with Gasteiger partial charge < -0.3 is 14.5 Å². The molecule has 0 spiro atoms. The van der Waals surface area contributed by atoms with Crippen molar-refractivity contribution in [1.82, 2.24) is 5.32 Å². The molecule has 0 amide bonds. The molecule has 3 nitrogen and oxygen atoms in total. The van der Waals surface area contributed by atoms with E-state index in [2.05, 4.69) is 30.4 Å². The van der Waals surface area contributed by atoms with Crippen molar-refractivity contribution >= 4 is 0 Å². The van der Waals surface area contributed by atoms with Crippen molar-refractivity contribution in [2.45, 2.75) is 32.4 Å². The van der Waals surface area contributed by atoms with Crippen LogP contribution in [0.15, 0.2) is 41.0 Å². The smallest absolute Gasteiger partial charge is 0.122 e. The molecule has 19 heavy (non-hydrogen) atoms. The molecule has 1 atom stereocenters. The molecule has 0 fully saturated rings. The van der Waals surface area contributed by atoms with Crippen LogP contribution in [-0.4, -0.2) is 12.6 Å². The maximum atomic E-state index is 5.52. The first-order chi connectivity index (χ1) is 9.31. The van der Waals surface area contributed by atoms with Crippen LogP contribution in [0, 0.1) is 0 Å². The SMILES string of the molecule is CC(Cc1ccco1)NCc1ccc2c(c1)CCO2. The van der Waals surface area contributed by atoms with Gasteiger partial charge in [-0.1, -0.05) is 12.1 Å². The second-order valence-corrected chi connectivity index (χ2v) is 5.11. The maximum absolute atomic E-state index is 5.52. The minimum Gasteiger partial charge on any atom is -0.493 e. The van der Waals surface area contributed by atoms with E-state index in [-0.39, 0.29) is 0 Å². The van der Waals surface area contributed by atoms with Gasteiger partial charge in [0.25, 0.3) is 0 Å². The molecule has 1 N–H and O–H groups in total. The molecule has 100 valence electrons. The van der Waals surface area contributed by atoms with Gasteiger partial charge in [-0.25, -0.2) is 0 Å². The van der Waals surface area contributed by atoms with Crippen LogP contribution in [0.2, 0.25) is 0 Å². The molecule has 2 aromatic rings. The van der Waals surface area contributed by atoms with E-state index in [0.29, 0.717) is 6.04 Å². The third-order valence-corrected chi connectivity index (χ3v) is 3.50. The molecule has 3 heteroatoms. The summed E-state index contributed by atoms with van der Waals surface area (Å²) in [6, 6.07) is 10.8. The van der Waals surface area contributed by atoms with E-state index in [4.69, 9.17) is 9.15 Å². The Kier molecular flexibility index (Phi) is 3.56. The van der Waals surface area contributed by atoms with Gasteiger partial charge in [0.2, 0.25) is 0 Å². The van der Waals surface area contributed by atoms with Gasteiger partial charge in [0.1, 0.15) is 11.5 Å². The Labute approximate surface area is 113 Å². The molecular formula is C16H19NO2. The second-order valence-electron chi connectivity index (χ2n) is 5.11. The first-order valence-electron chi connectivity index (χ1n) is 6.81. The number of fused-ring (bicyclic) bond motifs is 1. The van der Waals surface area contributed by atoms with Crippen molar-refractivity contribution in [3.05, 3.63) is 53.5 Å². The molecule has 1 aliphatic rings. The average molecular weight is 257 g/mol. The van der Waals surface area contributed by atoms with Crippen LogP contribution < -0.4 is 10.1 Å². The normalized spacial score (nSPS) is 15.0. The summed E-state index contributed by atoms with van der Waals surface area (Å²) < 4.78 is 10.9. The number of benzene rings is 1. The zero-order valence-corrected chi connectivity index (χ0v) is 11.2. The summed E-state index contributed by atoms with van der Waals surface area (Å²) in [5, 5.41) is 3.53. The van der Waals surface area contributed by atoms with Gasteiger partial charge in [-0.2, -0.15) is 0 Å². The summed E-state index contributed by atoms with van der Waals surface area (Å²) in [5.41, 5.74) is 2.65. The fourth-order valence-corrected chi connectivity index (χ4v) is 2.44. The van der Waals surface area contributed by atoms with Gasteiger partial charge in [0, 0.05) is 25.4 Å². The molecule has 1 aromatic heterocycles. The molecule has 0 saturated carbocycles. The number of nitrogens with one attached hydrogen (secondary N) is 1. The molecule has 0 bridgehead atoms. The average Bonchev–Trinajstić information content (AvgIpc) is 3.06. The summed E-state index contributed by atoms with van der Waals surface area (Å²) in [6.07, 6.45) is 3.68. The Morgan fingerprint density at radius 1 is 1.32 bits per heavy atom. The van der Waals surface area contributed by atoms with Crippen molar-refractivity contribution in [1.29, 1.82) is 0 Å². The quantitative estimate of drug-likeness (QED) is 0.894. The monoisotopic (exact) mass is 257 g/mol. The third kappa shape index (κ3) is 2.99. The van der Waals surface area contributed by atoms with E-state index in [1.165, 1.54) is 11.1 Å². The number of ether oxygens (including phenoxy) is 1. The highest BCUT2D eigenvalue weighted by Gasteiger charge is 2.12. The molecule has 0 radical (unpaired) electrons. The van der Waals surface area contributed by atoms with E-state index in [1.807, 2.05) is 12.1 Å². The molecular weight excluding hydrogens is 238 g/mol. The van der Waals surface area contributed by atoms with Crippen LogP contribution in [0.1, 0.15) is 23.8 Å². The Bertz CT molecular complexity index is 534. The number of furan rings is 1. The predicted molar refractivity (Wildman–Crippen MR) is 74.4 cm³/mol. The summed E-state index contributed by atoms with van der Waals surface area (Å²) in [6.45, 7) is 3.88. The summed E-state index contributed by atoms with van der Waals surface area (Å²) in [7, 11) is 0. The molecule has 1 aromatic carbocycles. The van der Waals surface area contributed by atoms with Crippen molar-refractivity contribution in [2.24, 2.45) is 0 Å². The van der Waals surface area contributed by atoms with Crippen molar-refractivity contribution < 1.29 is 9.15 Å². The van der Waals surface area contributed by atoms with Crippen molar-refractivity contribution in [2.75, 3.05) is 6.61 Å². The molecule has 1 aliphatic heterocycles. The van der Waals surface area contributed by atoms with Crippen LogP contribution in [0.4, 0.5) is 0 Å². The van der Waals surface area contributed by atoms with E-state index < -0.39 is 0 Å². The first kappa shape index (κ1) is 12.3. The molecule has 2 heterocycles. The predicted octanol–water partition coefficient (Wildman–Crippen LogP) is 2.94. The number of hydrogen-bond donors (Lipinski definition) is 1. The van der Waals surface area contributed by atoms with Crippen molar-refractivity contribution in [3.63, 3.8) is 0 Å². The van der Waals surface area contributed by atoms with Gasteiger partial charge in [-0.15, -0.1) is 0 Å². The zero-order chi connectivity index (χ0) is 13.1. The largest absolute Gasteiger partial charge is 0.493 e. The van der Waals surface area contributed by atoms with Gasteiger partial charge in [-0.05, 0) is 36.2 Å². The van der Waals surface area contributed by atoms with E-state index in [9.17, 15) is 0 Å². The standard InChI is InChI=1S/C16H19NO2/c1-12(9-15-3-2-7-18-15)17-11-13-4-5-16-14(10-13)6-8-19-16/h2-5,7,10,12,17H,6,8-9,11H2,1H3. The minimum absolute atomic E-state index is 0.399. The Morgan fingerprint density at radius 2 is 2.26 bits per heavy atom. The van der Waals surface area contributed by atoms with Gasteiger partial charge in [0.05, 0.1) is 12.9 Å². The summed E-state index contributed by atoms with van der Waals surface area (Å²) in [5.74, 6) is 2.08. The highest BCUT2D eigenvalue weighted by molar-refractivity contribution is 5.39. The third-order valence-electron chi connectivity index (χ3n) is 3.50. The van der Waals surface area contributed by atoms with E-state index in [1.54, 1.807) is 6.26 Å². The van der Waals surface area contributed by atoms with Crippen LogP contribution in [0.5, 0.6) is 5.75 Å². The minimum atomic E-state index is 0.399. The van der Waals surface area contributed by atoms with Crippen LogP contribution in [0.25, 0.3) is 0 Å². The van der Waals surface area contributed by atoms with Crippen LogP contribution >= 0.6 is 0 Å². The second kappa shape index (κ2) is 5.49. The van der Waals surface area contributed by atoms with Crippen molar-refractivity contribution in [3.8, 4) is 5.75 Å². The van der Waals surface area contributed by atoms with Crippen LogP contribution in [-0.2, 0) is 19.4 Å². The zero-order valence-electron chi connectivity index (χ0n) is 11.2. The van der Waals surface area contributed by atoms with Gasteiger partial charge in [-0.3, -0.25) is 0 Å².